The van der Waals surface area contributed by atoms with Crippen molar-refractivity contribution >= 4 is 0 Å². The van der Waals surface area contributed by atoms with Crippen molar-refractivity contribution in [3.63, 3.8) is 0 Å². The van der Waals surface area contributed by atoms with E-state index in [-0.39, 0.29) is 11.8 Å². The molecule has 6 nitrogen and oxygen atoms in total. The van der Waals surface area contributed by atoms with Crippen molar-refractivity contribution < 1.29 is 0 Å². The van der Waals surface area contributed by atoms with Gasteiger partial charge < -0.3 is 0 Å². The predicted molar refractivity (Wildman–Crippen MR) is 322 cm³/mol. The van der Waals surface area contributed by atoms with Crippen LogP contribution in [0.4, 0.5) is 0 Å². The van der Waals surface area contributed by atoms with Crippen LogP contribution < -0.4 is 0 Å². The van der Waals surface area contributed by atoms with Gasteiger partial charge in [-0.3, -0.25) is 0 Å². The average Bonchev–Trinajstić information content (AvgIpc) is 3.64. The fraction of sp³-hybridized carbons (Fsp3) is 0.0270. The minimum atomic E-state index is 0.0766. The first-order valence-corrected chi connectivity index (χ1v) is 27.2. The van der Waals surface area contributed by atoms with Gasteiger partial charge in [-0.05, 0) is 102 Å². The molecule has 3 aliphatic carbocycles. The molecule has 2 bridgehead atoms. The Kier molecular flexibility index (Phi) is 11.6. The fourth-order valence-corrected chi connectivity index (χ4v) is 12.0. The van der Waals surface area contributed by atoms with E-state index in [2.05, 4.69) is 231 Å². The minimum Gasteiger partial charge on any atom is -0.208 e. The second-order valence-electron chi connectivity index (χ2n) is 20.5. The molecule has 0 radical (unpaired) electrons. The largest absolute Gasteiger partial charge is 0.208 e. The molecule has 0 aliphatic heterocycles. The Morgan fingerprint density at radius 2 is 0.438 bits per heavy atom. The lowest BCUT2D eigenvalue weighted by atomic mass is 9.60. The maximum atomic E-state index is 5.23. The molecule has 6 heteroatoms. The minimum absolute atomic E-state index is 0.0766. The standard InChI is InChI=1S/C74H48N6/c1-5-21-47(22-6-1)57-33-13-17-37-63(57)73-77-69(49-25-9-3-10-26-49)75-71(79-73)55-31-19-29-51(43-55)53-39-41-61-65(45-53)67-59-35-15-16-36-60(59)68(61)66-46-54(40-42-62(66)67)52-30-20-32-56(44-52)72-76-70(50-27-11-4-12-28-50)78-74(80-72)64-38-18-14-34-58(64)48-23-7-2-8-24-48/h1-46,67-68H. The van der Waals surface area contributed by atoms with Gasteiger partial charge in [0.25, 0.3) is 0 Å². The summed E-state index contributed by atoms with van der Waals surface area (Å²) in [5.74, 6) is 3.93. The average molecular weight is 1020 g/mol. The van der Waals surface area contributed by atoms with Gasteiger partial charge >= 0.3 is 0 Å². The van der Waals surface area contributed by atoms with Crippen LogP contribution in [0, 0.1) is 0 Å². The van der Waals surface area contributed by atoms with Crippen molar-refractivity contribution in [2.75, 3.05) is 0 Å². The SMILES string of the molecule is c1ccc(-c2nc(-c3cccc(-c4ccc5c(c4)C4c6ccccc6C5c5cc(-c6cccc(-c7nc(-c8ccccc8)nc(-c8ccccc8-c8ccccc8)n7)c6)ccc54)c3)nc(-c3ccccc3-c3ccccc3)n2)cc1. The highest BCUT2D eigenvalue weighted by molar-refractivity contribution is 5.85. The fourth-order valence-electron chi connectivity index (χ4n) is 12.0. The number of hydrogen-bond donors (Lipinski definition) is 0. The number of hydrogen-bond acceptors (Lipinski definition) is 6. The summed E-state index contributed by atoms with van der Waals surface area (Å²) < 4.78 is 0. The summed E-state index contributed by atoms with van der Waals surface area (Å²) in [4.78, 5) is 31.0. The van der Waals surface area contributed by atoms with Crippen LogP contribution in [0.25, 0.3) is 113 Å². The number of benzene rings is 11. The zero-order chi connectivity index (χ0) is 52.9. The van der Waals surface area contributed by atoms with E-state index in [9.17, 15) is 0 Å². The Morgan fingerprint density at radius 3 is 0.838 bits per heavy atom. The zero-order valence-corrected chi connectivity index (χ0v) is 43.4. The lowest BCUT2D eigenvalue weighted by Crippen LogP contribution is -2.27. The molecule has 0 N–H and O–H groups in total. The molecule has 11 aromatic carbocycles. The maximum Gasteiger partial charge on any atom is 0.164 e. The molecule has 0 saturated heterocycles. The Bertz CT molecular complexity index is 4200. The van der Waals surface area contributed by atoms with Gasteiger partial charge in [-0.1, -0.05) is 255 Å². The third kappa shape index (κ3) is 8.38. The van der Waals surface area contributed by atoms with E-state index < -0.39 is 0 Å². The number of nitrogens with zero attached hydrogens (tertiary/aromatic N) is 6. The van der Waals surface area contributed by atoms with E-state index in [0.717, 1.165) is 77.9 Å². The van der Waals surface area contributed by atoms with Crippen molar-refractivity contribution in [2.24, 2.45) is 0 Å². The van der Waals surface area contributed by atoms with Crippen LogP contribution in [0.2, 0.25) is 0 Å². The molecule has 2 unspecified atom stereocenters. The monoisotopic (exact) mass is 1020 g/mol. The molecule has 2 heterocycles. The van der Waals surface area contributed by atoms with Crippen LogP contribution in [-0.4, -0.2) is 29.9 Å². The second-order valence-corrected chi connectivity index (χ2v) is 20.5. The normalized spacial score (nSPS) is 13.8. The molecule has 0 spiro atoms. The molecule has 80 heavy (non-hydrogen) atoms. The van der Waals surface area contributed by atoms with E-state index in [1.165, 1.54) is 33.4 Å². The highest BCUT2D eigenvalue weighted by atomic mass is 15.0. The van der Waals surface area contributed by atoms with E-state index in [1.54, 1.807) is 0 Å². The van der Waals surface area contributed by atoms with Gasteiger partial charge in [0.05, 0.1) is 0 Å². The van der Waals surface area contributed by atoms with Crippen LogP contribution >= 0.6 is 0 Å². The molecule has 16 rings (SSSR count). The van der Waals surface area contributed by atoms with Crippen LogP contribution in [0.3, 0.4) is 0 Å². The Balaban J connectivity index is 0.790. The molecule has 0 amide bonds. The molecular formula is C74H48N6. The first kappa shape index (κ1) is 46.7. The van der Waals surface area contributed by atoms with Crippen molar-refractivity contribution in [1.82, 2.24) is 29.9 Å². The smallest absolute Gasteiger partial charge is 0.164 e. The molecule has 3 aliphatic rings. The molecule has 13 aromatic rings. The van der Waals surface area contributed by atoms with E-state index >= 15 is 0 Å². The molecule has 0 saturated carbocycles. The third-order valence-electron chi connectivity index (χ3n) is 15.8. The van der Waals surface area contributed by atoms with Gasteiger partial charge in [0.2, 0.25) is 0 Å². The Morgan fingerprint density at radius 1 is 0.163 bits per heavy atom. The van der Waals surface area contributed by atoms with E-state index in [1.807, 2.05) is 48.5 Å². The lowest BCUT2D eigenvalue weighted by molar-refractivity contribution is 0.755. The van der Waals surface area contributed by atoms with Crippen molar-refractivity contribution in [1.29, 1.82) is 0 Å². The summed E-state index contributed by atoms with van der Waals surface area (Å²) >= 11 is 0. The summed E-state index contributed by atoms with van der Waals surface area (Å²) in [6, 6.07) is 98.5. The molecule has 0 fully saturated rings. The van der Waals surface area contributed by atoms with Gasteiger partial charge in [0.15, 0.2) is 34.9 Å². The summed E-state index contributed by atoms with van der Waals surface area (Å²) in [7, 11) is 0. The highest BCUT2D eigenvalue weighted by Crippen LogP contribution is 2.57. The van der Waals surface area contributed by atoms with Gasteiger partial charge in [-0.25, -0.2) is 29.9 Å². The third-order valence-corrected chi connectivity index (χ3v) is 15.8. The van der Waals surface area contributed by atoms with Crippen LogP contribution in [-0.2, 0) is 0 Å². The maximum absolute atomic E-state index is 5.23. The van der Waals surface area contributed by atoms with Gasteiger partial charge in [0.1, 0.15) is 0 Å². The number of rotatable bonds is 10. The summed E-state index contributed by atoms with van der Waals surface area (Å²) in [6.45, 7) is 0. The number of aromatic nitrogens is 6. The Hall–Kier alpha value is -10.6. The first-order chi connectivity index (χ1) is 39.6. The summed E-state index contributed by atoms with van der Waals surface area (Å²) in [5.41, 5.74) is 22.6. The predicted octanol–water partition coefficient (Wildman–Crippen LogP) is 17.7. The van der Waals surface area contributed by atoms with E-state index in [4.69, 9.17) is 29.9 Å². The Labute approximate surface area is 464 Å². The summed E-state index contributed by atoms with van der Waals surface area (Å²) in [5, 5.41) is 0. The molecule has 374 valence electrons. The van der Waals surface area contributed by atoms with Crippen molar-refractivity contribution in [2.45, 2.75) is 11.8 Å². The van der Waals surface area contributed by atoms with Crippen LogP contribution in [0.15, 0.2) is 279 Å². The quantitative estimate of drug-likeness (QED) is 0.136. The van der Waals surface area contributed by atoms with Crippen LogP contribution in [0.1, 0.15) is 45.2 Å². The van der Waals surface area contributed by atoms with Crippen molar-refractivity contribution in [3.8, 4) is 113 Å². The first-order valence-electron chi connectivity index (χ1n) is 27.2. The molecule has 2 atom stereocenters. The highest BCUT2D eigenvalue weighted by Gasteiger charge is 2.41. The van der Waals surface area contributed by atoms with E-state index in [0.29, 0.717) is 34.9 Å². The lowest BCUT2D eigenvalue weighted by Gasteiger charge is -2.42. The molecular weight excluding hydrogens is 973 g/mol. The van der Waals surface area contributed by atoms with Gasteiger partial charge in [0, 0.05) is 45.2 Å². The topological polar surface area (TPSA) is 77.3 Å². The van der Waals surface area contributed by atoms with Gasteiger partial charge in [-0.15, -0.1) is 0 Å². The van der Waals surface area contributed by atoms with Gasteiger partial charge in [-0.2, -0.15) is 0 Å². The zero-order valence-electron chi connectivity index (χ0n) is 43.4. The second kappa shape index (κ2) is 19.8. The summed E-state index contributed by atoms with van der Waals surface area (Å²) in [6.07, 6.45) is 0. The van der Waals surface area contributed by atoms with Crippen molar-refractivity contribution in [3.05, 3.63) is 312 Å². The van der Waals surface area contributed by atoms with Crippen LogP contribution in [0.5, 0.6) is 0 Å². The molecule has 2 aromatic heterocycles.